The molecule has 0 saturated carbocycles. The number of nitrogens with one attached hydrogen (secondary N) is 1. The number of anilines is 1. The lowest BCUT2D eigenvalue weighted by Gasteiger charge is -2.15. The van der Waals surface area contributed by atoms with Crippen molar-refractivity contribution in [1.82, 2.24) is 4.90 Å². The molecule has 4 nitrogen and oxygen atoms in total. The summed E-state index contributed by atoms with van der Waals surface area (Å²) in [5.41, 5.74) is 7.97. The number of benzene rings is 1. The van der Waals surface area contributed by atoms with Gasteiger partial charge >= 0.3 is 0 Å². The molecule has 0 spiro atoms. The predicted octanol–water partition coefficient (Wildman–Crippen LogP) is 1.64. The Morgan fingerprint density at radius 2 is 2.18 bits per heavy atom. The van der Waals surface area contributed by atoms with Crippen LogP contribution in [0.15, 0.2) is 29.3 Å². The molecule has 0 amide bonds. The summed E-state index contributed by atoms with van der Waals surface area (Å²) in [7, 11) is 1.68. The second-order valence-electron chi connectivity index (χ2n) is 4.42. The van der Waals surface area contributed by atoms with E-state index in [2.05, 4.69) is 33.4 Å². The normalized spacial score (nSPS) is 17.4. The van der Waals surface area contributed by atoms with E-state index in [9.17, 15) is 0 Å². The Kier molecular flexibility index (Phi) is 3.98. The third-order valence-corrected chi connectivity index (χ3v) is 3.05. The molecule has 2 rings (SSSR count). The molecule has 0 unspecified atom stereocenters. The zero-order valence-corrected chi connectivity index (χ0v) is 10.3. The minimum Gasteiger partial charge on any atom is -0.370 e. The topological polar surface area (TPSA) is 53.6 Å². The van der Waals surface area contributed by atoms with Gasteiger partial charge in [-0.05, 0) is 43.6 Å². The molecule has 0 aliphatic carbocycles. The van der Waals surface area contributed by atoms with Crippen molar-refractivity contribution in [3.63, 3.8) is 0 Å². The van der Waals surface area contributed by atoms with Crippen LogP contribution in [0, 0.1) is 0 Å². The first kappa shape index (κ1) is 11.9. The third kappa shape index (κ3) is 3.46. The highest BCUT2D eigenvalue weighted by atomic mass is 15.1. The molecule has 1 saturated heterocycles. The van der Waals surface area contributed by atoms with E-state index in [-0.39, 0.29) is 0 Å². The van der Waals surface area contributed by atoms with Crippen LogP contribution in [0.25, 0.3) is 0 Å². The van der Waals surface area contributed by atoms with Gasteiger partial charge in [0, 0.05) is 19.3 Å². The summed E-state index contributed by atoms with van der Waals surface area (Å²) in [6.45, 7) is 3.46. The van der Waals surface area contributed by atoms with Crippen molar-refractivity contribution in [3.8, 4) is 0 Å². The van der Waals surface area contributed by atoms with Crippen molar-refractivity contribution in [2.24, 2.45) is 10.7 Å². The van der Waals surface area contributed by atoms with Crippen LogP contribution in [0.4, 0.5) is 5.69 Å². The summed E-state index contributed by atoms with van der Waals surface area (Å²) >= 11 is 0. The lowest BCUT2D eigenvalue weighted by Crippen LogP contribution is -2.22. The van der Waals surface area contributed by atoms with Gasteiger partial charge in [-0.2, -0.15) is 0 Å². The summed E-state index contributed by atoms with van der Waals surface area (Å²) in [5, 5.41) is 3.07. The van der Waals surface area contributed by atoms with Gasteiger partial charge in [-0.3, -0.25) is 9.89 Å². The maximum Gasteiger partial charge on any atom is 0.192 e. The Bertz CT molecular complexity index is 394. The second kappa shape index (κ2) is 5.68. The van der Waals surface area contributed by atoms with Crippen LogP contribution in [-0.2, 0) is 6.54 Å². The number of rotatable bonds is 3. The Morgan fingerprint density at radius 3 is 2.88 bits per heavy atom. The lowest BCUT2D eigenvalue weighted by molar-refractivity contribution is 0.331. The molecule has 1 fully saturated rings. The minimum absolute atomic E-state index is 0.448. The van der Waals surface area contributed by atoms with E-state index in [0.29, 0.717) is 5.96 Å². The quantitative estimate of drug-likeness (QED) is 0.615. The van der Waals surface area contributed by atoms with Crippen LogP contribution in [0.5, 0.6) is 0 Å². The van der Waals surface area contributed by atoms with Crippen molar-refractivity contribution in [3.05, 3.63) is 29.8 Å². The molecule has 17 heavy (non-hydrogen) atoms. The molecule has 3 N–H and O–H groups in total. The molecule has 92 valence electrons. The Morgan fingerprint density at radius 1 is 1.41 bits per heavy atom. The predicted molar refractivity (Wildman–Crippen MR) is 72.1 cm³/mol. The third-order valence-electron chi connectivity index (χ3n) is 3.05. The van der Waals surface area contributed by atoms with E-state index in [4.69, 9.17) is 5.73 Å². The molecule has 1 aromatic carbocycles. The van der Waals surface area contributed by atoms with Crippen LogP contribution >= 0.6 is 0 Å². The SMILES string of the molecule is CN=C(N)Nc1cccc(CN2CCCC2)c1. The molecule has 0 radical (unpaired) electrons. The number of likely N-dealkylation sites (tertiary alicyclic amines) is 1. The maximum absolute atomic E-state index is 5.65. The first-order chi connectivity index (χ1) is 8.28. The average molecular weight is 232 g/mol. The fraction of sp³-hybridized carbons (Fsp3) is 0.462. The van der Waals surface area contributed by atoms with Crippen molar-refractivity contribution >= 4 is 11.6 Å². The summed E-state index contributed by atoms with van der Waals surface area (Å²) in [6, 6.07) is 8.35. The van der Waals surface area contributed by atoms with Gasteiger partial charge in [0.1, 0.15) is 0 Å². The summed E-state index contributed by atoms with van der Waals surface area (Å²) in [4.78, 5) is 6.37. The standard InChI is InChI=1S/C13H20N4/c1-15-13(14)16-12-6-4-5-11(9-12)10-17-7-2-3-8-17/h4-6,9H,2-3,7-8,10H2,1H3,(H3,14,15,16). The van der Waals surface area contributed by atoms with E-state index in [1.807, 2.05) is 6.07 Å². The van der Waals surface area contributed by atoms with Crippen LogP contribution in [0.2, 0.25) is 0 Å². The Hall–Kier alpha value is -1.55. The van der Waals surface area contributed by atoms with Gasteiger partial charge in [0.2, 0.25) is 0 Å². The van der Waals surface area contributed by atoms with Crippen molar-refractivity contribution in [1.29, 1.82) is 0 Å². The summed E-state index contributed by atoms with van der Waals surface area (Å²) in [6.07, 6.45) is 2.65. The van der Waals surface area contributed by atoms with Gasteiger partial charge < -0.3 is 11.1 Å². The number of hydrogen-bond acceptors (Lipinski definition) is 2. The van der Waals surface area contributed by atoms with Gasteiger partial charge in [0.25, 0.3) is 0 Å². The van der Waals surface area contributed by atoms with E-state index in [0.717, 1.165) is 12.2 Å². The monoisotopic (exact) mass is 232 g/mol. The van der Waals surface area contributed by atoms with Crippen LogP contribution in [0.3, 0.4) is 0 Å². The zero-order valence-electron chi connectivity index (χ0n) is 10.3. The highest BCUT2D eigenvalue weighted by Crippen LogP contribution is 2.15. The van der Waals surface area contributed by atoms with Crippen LogP contribution < -0.4 is 11.1 Å². The Balaban J connectivity index is 2.00. The molecule has 0 atom stereocenters. The number of hydrogen-bond donors (Lipinski definition) is 2. The molecule has 1 heterocycles. The number of nitrogens with zero attached hydrogens (tertiary/aromatic N) is 2. The molecule has 0 aromatic heterocycles. The maximum atomic E-state index is 5.65. The van der Waals surface area contributed by atoms with E-state index in [1.165, 1.54) is 31.5 Å². The zero-order chi connectivity index (χ0) is 12.1. The molecular weight excluding hydrogens is 212 g/mol. The number of aliphatic imine (C=N–C) groups is 1. The molecule has 4 heteroatoms. The van der Waals surface area contributed by atoms with Gasteiger partial charge in [-0.1, -0.05) is 12.1 Å². The van der Waals surface area contributed by atoms with E-state index >= 15 is 0 Å². The van der Waals surface area contributed by atoms with Gasteiger partial charge in [-0.25, -0.2) is 0 Å². The number of guanidine groups is 1. The summed E-state index contributed by atoms with van der Waals surface area (Å²) in [5.74, 6) is 0.448. The lowest BCUT2D eigenvalue weighted by atomic mass is 10.2. The first-order valence-corrected chi connectivity index (χ1v) is 6.08. The van der Waals surface area contributed by atoms with Gasteiger partial charge in [-0.15, -0.1) is 0 Å². The molecule has 1 aromatic rings. The molecule has 1 aliphatic rings. The van der Waals surface area contributed by atoms with Crippen LogP contribution in [-0.4, -0.2) is 31.0 Å². The fourth-order valence-corrected chi connectivity index (χ4v) is 2.15. The van der Waals surface area contributed by atoms with Crippen molar-refractivity contribution in [2.75, 3.05) is 25.5 Å². The summed E-state index contributed by atoms with van der Waals surface area (Å²) < 4.78 is 0. The molecule has 0 bridgehead atoms. The second-order valence-corrected chi connectivity index (χ2v) is 4.42. The van der Waals surface area contributed by atoms with Gasteiger partial charge in [0.15, 0.2) is 5.96 Å². The van der Waals surface area contributed by atoms with E-state index < -0.39 is 0 Å². The largest absolute Gasteiger partial charge is 0.370 e. The van der Waals surface area contributed by atoms with E-state index in [1.54, 1.807) is 7.05 Å². The van der Waals surface area contributed by atoms with Gasteiger partial charge in [0.05, 0.1) is 0 Å². The smallest absolute Gasteiger partial charge is 0.192 e. The minimum atomic E-state index is 0.448. The average Bonchev–Trinajstić information content (AvgIpc) is 2.82. The van der Waals surface area contributed by atoms with Crippen molar-refractivity contribution in [2.45, 2.75) is 19.4 Å². The van der Waals surface area contributed by atoms with Crippen LogP contribution in [0.1, 0.15) is 18.4 Å². The Labute approximate surface area is 103 Å². The molecule has 1 aliphatic heterocycles. The molecular formula is C13H20N4. The van der Waals surface area contributed by atoms with Crippen molar-refractivity contribution < 1.29 is 0 Å². The first-order valence-electron chi connectivity index (χ1n) is 6.08. The number of nitrogens with two attached hydrogens (primary N) is 1. The highest BCUT2D eigenvalue weighted by molar-refractivity contribution is 5.92. The fourth-order valence-electron chi connectivity index (χ4n) is 2.15. The highest BCUT2D eigenvalue weighted by Gasteiger charge is 2.11.